The van der Waals surface area contributed by atoms with Crippen molar-refractivity contribution in [2.24, 2.45) is 0 Å². The van der Waals surface area contributed by atoms with Crippen LogP contribution in [0.4, 0.5) is 5.69 Å². The van der Waals surface area contributed by atoms with Gasteiger partial charge in [-0.15, -0.1) is 23.4 Å². The SMILES string of the molecule is C=CCSc1ccccc1NC(=O)CSc1nc2ccccc2c2nc(C)nn12. The number of para-hydroxylation sites is 2. The van der Waals surface area contributed by atoms with E-state index < -0.39 is 0 Å². The smallest absolute Gasteiger partial charge is 0.234 e. The number of thioether (sulfide) groups is 2. The summed E-state index contributed by atoms with van der Waals surface area (Å²) in [6.45, 7) is 5.59. The molecule has 2 heterocycles. The fourth-order valence-electron chi connectivity index (χ4n) is 2.89. The number of anilines is 1. The molecule has 0 unspecified atom stereocenters. The second-order valence-electron chi connectivity index (χ2n) is 6.24. The van der Waals surface area contributed by atoms with Crippen LogP contribution in [0.25, 0.3) is 16.6 Å². The number of aromatic nitrogens is 4. The van der Waals surface area contributed by atoms with Gasteiger partial charge in [-0.3, -0.25) is 4.79 Å². The standard InChI is InChI=1S/C21H19N5OS2/c1-3-12-28-18-11-7-6-10-17(18)23-19(27)13-29-21-24-16-9-5-4-8-15(16)20-22-14(2)25-26(20)21/h3-11H,1,12-13H2,2H3,(H,23,27). The summed E-state index contributed by atoms with van der Waals surface area (Å²) in [5, 5.41) is 9.03. The summed E-state index contributed by atoms with van der Waals surface area (Å²) in [5.41, 5.74) is 2.39. The molecule has 0 radical (unpaired) electrons. The second-order valence-corrected chi connectivity index (χ2v) is 8.24. The molecule has 0 fully saturated rings. The lowest BCUT2D eigenvalue weighted by molar-refractivity contribution is -0.113. The molecule has 4 rings (SSSR count). The summed E-state index contributed by atoms with van der Waals surface area (Å²) in [7, 11) is 0. The molecule has 0 spiro atoms. The van der Waals surface area contributed by atoms with E-state index in [2.05, 4.69) is 27.0 Å². The lowest BCUT2D eigenvalue weighted by atomic mass is 10.2. The van der Waals surface area contributed by atoms with Crippen molar-refractivity contribution in [2.75, 3.05) is 16.8 Å². The number of nitrogens with zero attached hydrogens (tertiary/aromatic N) is 4. The molecule has 4 aromatic rings. The van der Waals surface area contributed by atoms with E-state index in [1.807, 2.05) is 61.5 Å². The highest BCUT2D eigenvalue weighted by Crippen LogP contribution is 2.28. The first kappa shape index (κ1) is 19.5. The minimum Gasteiger partial charge on any atom is -0.324 e. The molecule has 1 amide bonds. The molecule has 0 saturated carbocycles. The fourth-order valence-corrected chi connectivity index (χ4v) is 4.38. The number of hydrogen-bond donors (Lipinski definition) is 1. The van der Waals surface area contributed by atoms with Crippen LogP contribution < -0.4 is 5.32 Å². The van der Waals surface area contributed by atoms with Gasteiger partial charge in [-0.05, 0) is 31.2 Å². The highest BCUT2D eigenvalue weighted by Gasteiger charge is 2.14. The first-order valence-corrected chi connectivity index (χ1v) is 11.0. The minimum absolute atomic E-state index is 0.0957. The Labute approximate surface area is 176 Å². The molecule has 6 nitrogen and oxygen atoms in total. The number of hydrogen-bond acceptors (Lipinski definition) is 6. The van der Waals surface area contributed by atoms with Gasteiger partial charge in [0, 0.05) is 16.0 Å². The van der Waals surface area contributed by atoms with Crippen LogP contribution in [0.5, 0.6) is 0 Å². The van der Waals surface area contributed by atoms with Gasteiger partial charge in [0.05, 0.1) is 17.0 Å². The molecule has 8 heteroatoms. The molecular formula is C21H19N5OS2. The summed E-state index contributed by atoms with van der Waals surface area (Å²) >= 11 is 2.98. The van der Waals surface area contributed by atoms with E-state index in [1.165, 1.54) is 11.8 Å². The average molecular weight is 422 g/mol. The molecule has 0 atom stereocenters. The number of fused-ring (bicyclic) bond motifs is 3. The summed E-state index contributed by atoms with van der Waals surface area (Å²) in [6, 6.07) is 15.6. The first-order valence-electron chi connectivity index (χ1n) is 9.03. The summed E-state index contributed by atoms with van der Waals surface area (Å²) < 4.78 is 1.71. The predicted octanol–water partition coefficient (Wildman–Crippen LogP) is 4.59. The Hall–Kier alpha value is -2.84. The Morgan fingerprint density at radius 2 is 1.93 bits per heavy atom. The zero-order chi connectivity index (χ0) is 20.2. The van der Waals surface area contributed by atoms with Gasteiger partial charge >= 0.3 is 0 Å². The fraction of sp³-hybridized carbons (Fsp3) is 0.143. The molecule has 0 aliphatic heterocycles. The van der Waals surface area contributed by atoms with Crippen molar-refractivity contribution < 1.29 is 4.79 Å². The van der Waals surface area contributed by atoms with Crippen molar-refractivity contribution in [2.45, 2.75) is 17.0 Å². The van der Waals surface area contributed by atoms with Crippen molar-refractivity contribution in [1.29, 1.82) is 0 Å². The number of carbonyl (C=O) groups excluding carboxylic acids is 1. The molecule has 0 aliphatic carbocycles. The number of rotatable bonds is 7. The average Bonchev–Trinajstić information content (AvgIpc) is 3.13. The van der Waals surface area contributed by atoms with Crippen molar-refractivity contribution in [3.05, 3.63) is 67.0 Å². The van der Waals surface area contributed by atoms with Crippen molar-refractivity contribution in [1.82, 2.24) is 19.6 Å². The van der Waals surface area contributed by atoms with Gasteiger partial charge in [-0.1, -0.05) is 42.1 Å². The predicted molar refractivity (Wildman–Crippen MR) is 120 cm³/mol. The Bertz CT molecular complexity index is 1200. The third-order valence-electron chi connectivity index (χ3n) is 4.11. The number of carbonyl (C=O) groups is 1. The third kappa shape index (κ3) is 4.28. The van der Waals surface area contributed by atoms with Crippen LogP contribution >= 0.6 is 23.5 Å². The van der Waals surface area contributed by atoms with Crippen LogP contribution in [0.3, 0.4) is 0 Å². The minimum atomic E-state index is -0.0957. The van der Waals surface area contributed by atoms with E-state index in [1.54, 1.807) is 16.3 Å². The highest BCUT2D eigenvalue weighted by molar-refractivity contribution is 8.00. The van der Waals surface area contributed by atoms with Crippen LogP contribution in [-0.2, 0) is 4.79 Å². The van der Waals surface area contributed by atoms with Gasteiger partial charge in [-0.2, -0.15) is 4.52 Å². The molecule has 2 aromatic heterocycles. The van der Waals surface area contributed by atoms with Gasteiger partial charge in [0.1, 0.15) is 5.82 Å². The van der Waals surface area contributed by atoms with E-state index in [9.17, 15) is 4.79 Å². The van der Waals surface area contributed by atoms with Crippen molar-refractivity contribution in [3.63, 3.8) is 0 Å². The summed E-state index contributed by atoms with van der Waals surface area (Å²) in [6.07, 6.45) is 1.84. The molecule has 2 aromatic carbocycles. The van der Waals surface area contributed by atoms with Gasteiger partial charge in [0.2, 0.25) is 5.91 Å². The first-order chi connectivity index (χ1) is 14.2. The normalized spacial score (nSPS) is 11.1. The van der Waals surface area contributed by atoms with Crippen LogP contribution in [0.15, 0.2) is 71.2 Å². The largest absolute Gasteiger partial charge is 0.324 e. The molecule has 1 N–H and O–H groups in total. The molecule has 0 bridgehead atoms. The lowest BCUT2D eigenvalue weighted by Gasteiger charge is -2.10. The van der Waals surface area contributed by atoms with Crippen LogP contribution in [0, 0.1) is 6.92 Å². The quantitative estimate of drug-likeness (QED) is 0.267. The van der Waals surface area contributed by atoms with Gasteiger partial charge in [0.15, 0.2) is 10.8 Å². The number of amides is 1. The van der Waals surface area contributed by atoms with E-state index in [0.717, 1.165) is 32.9 Å². The van der Waals surface area contributed by atoms with Gasteiger partial charge in [-0.25, -0.2) is 9.97 Å². The maximum atomic E-state index is 12.6. The van der Waals surface area contributed by atoms with Gasteiger partial charge in [0.25, 0.3) is 0 Å². The van der Waals surface area contributed by atoms with E-state index >= 15 is 0 Å². The zero-order valence-corrected chi connectivity index (χ0v) is 17.5. The molecular weight excluding hydrogens is 402 g/mol. The Morgan fingerprint density at radius 1 is 1.14 bits per heavy atom. The van der Waals surface area contributed by atoms with Crippen LogP contribution in [0.2, 0.25) is 0 Å². The Kier molecular flexibility index (Phi) is 5.82. The summed E-state index contributed by atoms with van der Waals surface area (Å²) in [5.74, 6) is 1.58. The topological polar surface area (TPSA) is 72.2 Å². The monoisotopic (exact) mass is 421 g/mol. The highest BCUT2D eigenvalue weighted by atomic mass is 32.2. The van der Waals surface area contributed by atoms with Crippen molar-refractivity contribution in [3.8, 4) is 0 Å². The van der Waals surface area contributed by atoms with E-state index in [0.29, 0.717) is 11.0 Å². The molecule has 0 aliphatic rings. The summed E-state index contributed by atoms with van der Waals surface area (Å²) in [4.78, 5) is 22.8. The van der Waals surface area contributed by atoms with E-state index in [4.69, 9.17) is 0 Å². The number of benzene rings is 2. The van der Waals surface area contributed by atoms with E-state index in [-0.39, 0.29) is 11.7 Å². The van der Waals surface area contributed by atoms with Crippen LogP contribution in [0.1, 0.15) is 5.82 Å². The number of aryl methyl sites for hydroxylation is 1. The lowest BCUT2D eigenvalue weighted by Crippen LogP contribution is -2.15. The second kappa shape index (κ2) is 8.67. The molecule has 0 saturated heterocycles. The maximum Gasteiger partial charge on any atom is 0.234 e. The molecule has 29 heavy (non-hydrogen) atoms. The Morgan fingerprint density at radius 3 is 2.79 bits per heavy atom. The number of nitrogens with one attached hydrogen (secondary N) is 1. The van der Waals surface area contributed by atoms with Gasteiger partial charge < -0.3 is 5.32 Å². The Balaban J connectivity index is 1.54. The molecule has 146 valence electrons. The zero-order valence-electron chi connectivity index (χ0n) is 15.8. The third-order valence-corrected chi connectivity index (χ3v) is 6.10. The van der Waals surface area contributed by atoms with Crippen LogP contribution in [-0.4, -0.2) is 37.0 Å². The van der Waals surface area contributed by atoms with Crippen molar-refractivity contribution >= 4 is 51.7 Å². The maximum absolute atomic E-state index is 12.6.